The van der Waals surface area contributed by atoms with Crippen molar-refractivity contribution < 1.29 is 9.18 Å². The maximum atomic E-state index is 13.3. The molecule has 0 radical (unpaired) electrons. The summed E-state index contributed by atoms with van der Waals surface area (Å²) in [7, 11) is 0. The molecule has 1 heterocycles. The van der Waals surface area contributed by atoms with E-state index in [2.05, 4.69) is 17.1 Å². The second-order valence-corrected chi connectivity index (χ2v) is 7.41. The van der Waals surface area contributed by atoms with E-state index in [-0.39, 0.29) is 11.7 Å². The fraction of sp³-hybridized carbons (Fsp3) is 0.650. The number of piperidine rings is 1. The minimum absolute atomic E-state index is 0.139. The van der Waals surface area contributed by atoms with Crippen molar-refractivity contribution in [2.24, 2.45) is 5.92 Å². The van der Waals surface area contributed by atoms with Crippen LogP contribution in [0.3, 0.4) is 0 Å². The highest BCUT2D eigenvalue weighted by Crippen LogP contribution is 2.41. The standard InChI is InChI=1S/C20H29FN2O/c1-2-23-13-5-6-16(15-23)14-22-19(24)20(11-3-4-12-20)17-7-9-18(21)10-8-17/h7-10,16H,2-6,11-15H2,1H3,(H,22,24)/t16-/m0/s1. The van der Waals surface area contributed by atoms with E-state index in [0.29, 0.717) is 5.92 Å². The number of hydrogen-bond donors (Lipinski definition) is 1. The molecule has 0 aromatic heterocycles. The summed E-state index contributed by atoms with van der Waals surface area (Å²) in [5.74, 6) is 0.448. The van der Waals surface area contributed by atoms with Gasteiger partial charge < -0.3 is 10.2 Å². The second-order valence-electron chi connectivity index (χ2n) is 7.41. The van der Waals surface area contributed by atoms with Crippen molar-refractivity contribution in [1.82, 2.24) is 10.2 Å². The normalized spacial score (nSPS) is 24.0. The van der Waals surface area contributed by atoms with Crippen LogP contribution < -0.4 is 5.32 Å². The molecule has 1 aliphatic carbocycles. The molecule has 2 aliphatic rings. The second kappa shape index (κ2) is 7.64. The van der Waals surface area contributed by atoms with E-state index in [9.17, 15) is 9.18 Å². The van der Waals surface area contributed by atoms with Crippen LogP contribution in [0.4, 0.5) is 4.39 Å². The van der Waals surface area contributed by atoms with Gasteiger partial charge in [-0.3, -0.25) is 4.79 Å². The number of hydrogen-bond acceptors (Lipinski definition) is 2. The van der Waals surface area contributed by atoms with E-state index in [0.717, 1.165) is 50.9 Å². The summed E-state index contributed by atoms with van der Waals surface area (Å²) in [4.78, 5) is 15.5. The first kappa shape index (κ1) is 17.4. The molecule has 24 heavy (non-hydrogen) atoms. The molecule has 1 saturated carbocycles. The largest absolute Gasteiger partial charge is 0.355 e. The third-order valence-electron chi connectivity index (χ3n) is 5.89. The molecule has 1 N–H and O–H groups in total. The number of nitrogens with zero attached hydrogens (tertiary/aromatic N) is 1. The van der Waals surface area contributed by atoms with Crippen LogP contribution in [-0.2, 0) is 10.2 Å². The molecular weight excluding hydrogens is 303 g/mol. The lowest BCUT2D eigenvalue weighted by molar-refractivity contribution is -0.127. The number of carbonyl (C=O) groups excluding carboxylic acids is 1. The first-order chi connectivity index (χ1) is 11.6. The molecule has 1 atom stereocenters. The molecule has 1 saturated heterocycles. The van der Waals surface area contributed by atoms with Gasteiger partial charge in [0.1, 0.15) is 5.82 Å². The Morgan fingerprint density at radius 3 is 2.62 bits per heavy atom. The van der Waals surface area contributed by atoms with E-state index in [1.807, 2.05) is 0 Å². The smallest absolute Gasteiger partial charge is 0.230 e. The van der Waals surface area contributed by atoms with Gasteiger partial charge in [-0.1, -0.05) is 31.9 Å². The Morgan fingerprint density at radius 2 is 1.96 bits per heavy atom. The summed E-state index contributed by atoms with van der Waals surface area (Å²) in [6.45, 7) is 6.31. The van der Waals surface area contributed by atoms with Crippen LogP contribution in [-0.4, -0.2) is 37.0 Å². The highest BCUT2D eigenvalue weighted by molar-refractivity contribution is 5.88. The van der Waals surface area contributed by atoms with Gasteiger partial charge in [-0.25, -0.2) is 4.39 Å². The van der Waals surface area contributed by atoms with Gasteiger partial charge in [-0.05, 0) is 62.4 Å². The quantitative estimate of drug-likeness (QED) is 0.895. The number of likely N-dealkylation sites (tertiary alicyclic amines) is 1. The lowest BCUT2D eigenvalue weighted by Crippen LogP contribution is -2.46. The van der Waals surface area contributed by atoms with Crippen LogP contribution in [0, 0.1) is 11.7 Å². The van der Waals surface area contributed by atoms with Crippen LogP contribution in [0.15, 0.2) is 24.3 Å². The summed E-state index contributed by atoms with van der Waals surface area (Å²) < 4.78 is 13.3. The van der Waals surface area contributed by atoms with Gasteiger partial charge in [0.2, 0.25) is 5.91 Å². The van der Waals surface area contributed by atoms with Gasteiger partial charge in [0.25, 0.3) is 0 Å². The maximum absolute atomic E-state index is 13.3. The summed E-state index contributed by atoms with van der Waals surface area (Å²) in [5.41, 5.74) is 0.519. The Bertz CT molecular complexity index is 551. The van der Waals surface area contributed by atoms with Gasteiger partial charge in [0, 0.05) is 13.1 Å². The van der Waals surface area contributed by atoms with E-state index < -0.39 is 5.41 Å². The molecular formula is C20H29FN2O. The molecule has 1 amide bonds. The fourth-order valence-corrected chi connectivity index (χ4v) is 4.41. The predicted molar refractivity (Wildman–Crippen MR) is 94.4 cm³/mol. The Kier molecular flexibility index (Phi) is 5.54. The van der Waals surface area contributed by atoms with Gasteiger partial charge in [0.15, 0.2) is 0 Å². The van der Waals surface area contributed by atoms with Crippen LogP contribution in [0.5, 0.6) is 0 Å². The van der Waals surface area contributed by atoms with Crippen molar-refractivity contribution in [3.05, 3.63) is 35.6 Å². The Labute approximate surface area is 144 Å². The van der Waals surface area contributed by atoms with Gasteiger partial charge in [-0.2, -0.15) is 0 Å². The zero-order valence-electron chi connectivity index (χ0n) is 14.7. The van der Waals surface area contributed by atoms with Gasteiger partial charge in [-0.15, -0.1) is 0 Å². The zero-order valence-corrected chi connectivity index (χ0v) is 14.7. The summed E-state index contributed by atoms with van der Waals surface area (Å²) in [5, 5.41) is 3.23. The van der Waals surface area contributed by atoms with Crippen LogP contribution >= 0.6 is 0 Å². The molecule has 4 heteroatoms. The molecule has 132 valence electrons. The van der Waals surface area contributed by atoms with E-state index >= 15 is 0 Å². The average Bonchev–Trinajstić information content (AvgIpc) is 3.11. The number of amides is 1. The Morgan fingerprint density at radius 1 is 1.25 bits per heavy atom. The van der Waals surface area contributed by atoms with Crippen LogP contribution in [0.25, 0.3) is 0 Å². The first-order valence-corrected chi connectivity index (χ1v) is 9.41. The Hall–Kier alpha value is -1.42. The topological polar surface area (TPSA) is 32.3 Å². The molecule has 3 rings (SSSR count). The molecule has 0 bridgehead atoms. The minimum atomic E-state index is -0.452. The average molecular weight is 332 g/mol. The number of rotatable bonds is 5. The lowest BCUT2D eigenvalue weighted by atomic mass is 9.78. The SMILES string of the molecule is CCN1CCC[C@@H](CNC(=O)C2(c3ccc(F)cc3)CCCC2)C1. The molecule has 1 aliphatic heterocycles. The van der Waals surface area contributed by atoms with Crippen molar-refractivity contribution in [1.29, 1.82) is 0 Å². The maximum Gasteiger partial charge on any atom is 0.230 e. The number of carbonyl (C=O) groups is 1. The van der Waals surface area contributed by atoms with Crippen molar-refractivity contribution in [2.45, 2.75) is 50.9 Å². The lowest BCUT2D eigenvalue weighted by Gasteiger charge is -2.33. The molecule has 2 fully saturated rings. The van der Waals surface area contributed by atoms with Gasteiger partial charge >= 0.3 is 0 Å². The van der Waals surface area contributed by atoms with Crippen molar-refractivity contribution in [2.75, 3.05) is 26.2 Å². The van der Waals surface area contributed by atoms with E-state index in [1.54, 1.807) is 12.1 Å². The molecule has 1 aromatic carbocycles. The highest BCUT2D eigenvalue weighted by Gasteiger charge is 2.42. The first-order valence-electron chi connectivity index (χ1n) is 9.41. The number of nitrogens with one attached hydrogen (secondary N) is 1. The molecule has 3 nitrogen and oxygen atoms in total. The van der Waals surface area contributed by atoms with Crippen molar-refractivity contribution >= 4 is 5.91 Å². The van der Waals surface area contributed by atoms with Crippen LogP contribution in [0.1, 0.15) is 51.0 Å². The molecule has 0 unspecified atom stereocenters. The van der Waals surface area contributed by atoms with Crippen molar-refractivity contribution in [3.63, 3.8) is 0 Å². The third-order valence-corrected chi connectivity index (χ3v) is 5.89. The minimum Gasteiger partial charge on any atom is -0.355 e. The van der Waals surface area contributed by atoms with Gasteiger partial charge in [0.05, 0.1) is 5.41 Å². The predicted octanol–water partition coefficient (Wildman–Crippen LogP) is 3.49. The third kappa shape index (κ3) is 3.64. The summed E-state index contributed by atoms with van der Waals surface area (Å²) in [6, 6.07) is 6.53. The highest BCUT2D eigenvalue weighted by atomic mass is 19.1. The summed E-state index contributed by atoms with van der Waals surface area (Å²) >= 11 is 0. The van der Waals surface area contributed by atoms with Crippen LogP contribution in [0.2, 0.25) is 0 Å². The Balaban J connectivity index is 1.66. The molecule has 0 spiro atoms. The van der Waals surface area contributed by atoms with E-state index in [4.69, 9.17) is 0 Å². The van der Waals surface area contributed by atoms with E-state index in [1.165, 1.54) is 31.5 Å². The number of benzene rings is 1. The molecule has 1 aromatic rings. The zero-order chi connectivity index (χ0) is 17.0. The monoisotopic (exact) mass is 332 g/mol. The summed E-state index contributed by atoms with van der Waals surface area (Å²) in [6.07, 6.45) is 6.29. The van der Waals surface area contributed by atoms with Crippen molar-refractivity contribution in [3.8, 4) is 0 Å². The fourth-order valence-electron chi connectivity index (χ4n) is 4.41. The number of halogens is 1.